The Morgan fingerprint density at radius 3 is 1.91 bits per heavy atom. The molecule has 2 aromatic carbocycles. The van der Waals surface area contributed by atoms with E-state index in [2.05, 4.69) is 0 Å². The number of carbonyl (C=O) groups is 1. The maximum Gasteiger partial charge on any atom is 0.238 e. The van der Waals surface area contributed by atoms with Gasteiger partial charge in [0.15, 0.2) is 0 Å². The zero-order valence-corrected chi connectivity index (χ0v) is 13.1. The molecule has 0 aliphatic heterocycles. The van der Waals surface area contributed by atoms with Crippen molar-refractivity contribution in [3.8, 4) is 0 Å². The summed E-state index contributed by atoms with van der Waals surface area (Å²) in [5, 5.41) is 0. The van der Waals surface area contributed by atoms with Crippen LogP contribution in [0.2, 0.25) is 0 Å². The van der Waals surface area contributed by atoms with E-state index in [1.165, 1.54) is 0 Å². The lowest BCUT2D eigenvalue weighted by Gasteiger charge is -2.26. The van der Waals surface area contributed by atoms with E-state index in [1.807, 2.05) is 73.6 Å². The van der Waals surface area contributed by atoms with Gasteiger partial charge in [0.1, 0.15) is 5.54 Å². The van der Waals surface area contributed by atoms with Crippen LogP contribution in [0.15, 0.2) is 54.6 Å². The van der Waals surface area contributed by atoms with Crippen LogP contribution in [-0.4, -0.2) is 25.5 Å². The van der Waals surface area contributed by atoms with Crippen LogP contribution in [-0.2, 0) is 17.6 Å². The lowest BCUT2D eigenvalue weighted by atomic mass is 9.85. The largest absolute Gasteiger partial charge is 0.378 e. The molecule has 4 heteroatoms. The Labute approximate surface area is 131 Å². The molecule has 0 radical (unpaired) electrons. The van der Waals surface area contributed by atoms with Gasteiger partial charge in [-0.1, -0.05) is 42.5 Å². The third-order valence-electron chi connectivity index (χ3n) is 3.83. The Hall–Kier alpha value is -2.33. The summed E-state index contributed by atoms with van der Waals surface area (Å²) in [6.45, 7) is 0. The van der Waals surface area contributed by atoms with Gasteiger partial charge in [-0.05, 0) is 36.1 Å². The van der Waals surface area contributed by atoms with Crippen LogP contribution >= 0.6 is 0 Å². The average molecular weight is 297 g/mol. The number of rotatable bonds is 6. The molecule has 0 aliphatic rings. The van der Waals surface area contributed by atoms with Crippen LogP contribution in [0.4, 0.5) is 5.69 Å². The Bertz CT molecular complexity index is 623. The highest BCUT2D eigenvalue weighted by Crippen LogP contribution is 2.19. The zero-order valence-electron chi connectivity index (χ0n) is 13.1. The number of hydrogen-bond donors (Lipinski definition) is 2. The van der Waals surface area contributed by atoms with Crippen molar-refractivity contribution in [2.45, 2.75) is 18.4 Å². The highest BCUT2D eigenvalue weighted by molar-refractivity contribution is 5.85. The van der Waals surface area contributed by atoms with Gasteiger partial charge in [0.05, 0.1) is 0 Å². The van der Waals surface area contributed by atoms with E-state index in [1.54, 1.807) is 0 Å². The maximum absolute atomic E-state index is 11.9. The summed E-state index contributed by atoms with van der Waals surface area (Å²) in [7, 11) is 3.97. The smallest absolute Gasteiger partial charge is 0.238 e. The highest BCUT2D eigenvalue weighted by Gasteiger charge is 2.32. The van der Waals surface area contributed by atoms with E-state index in [0.717, 1.165) is 16.8 Å². The van der Waals surface area contributed by atoms with Crippen molar-refractivity contribution in [2.24, 2.45) is 11.5 Å². The summed E-state index contributed by atoms with van der Waals surface area (Å²) >= 11 is 0. The molecule has 0 saturated heterocycles. The fourth-order valence-electron chi connectivity index (χ4n) is 2.47. The molecule has 1 unspecified atom stereocenters. The third kappa shape index (κ3) is 3.86. The van der Waals surface area contributed by atoms with E-state index < -0.39 is 11.4 Å². The summed E-state index contributed by atoms with van der Waals surface area (Å²) in [5.41, 5.74) is 13.9. The van der Waals surface area contributed by atoms with Crippen LogP contribution in [0, 0.1) is 0 Å². The van der Waals surface area contributed by atoms with Gasteiger partial charge in [-0.2, -0.15) is 0 Å². The Morgan fingerprint density at radius 1 is 0.955 bits per heavy atom. The number of amides is 1. The van der Waals surface area contributed by atoms with Gasteiger partial charge in [0, 0.05) is 19.8 Å². The second kappa shape index (κ2) is 6.62. The van der Waals surface area contributed by atoms with Crippen molar-refractivity contribution in [2.75, 3.05) is 19.0 Å². The minimum atomic E-state index is -1.08. The predicted octanol–water partition coefficient (Wildman–Crippen LogP) is 1.72. The molecule has 1 amide bonds. The fraction of sp³-hybridized carbons (Fsp3) is 0.278. The molecule has 0 aromatic heterocycles. The van der Waals surface area contributed by atoms with Crippen molar-refractivity contribution < 1.29 is 4.79 Å². The summed E-state index contributed by atoms with van der Waals surface area (Å²) in [6, 6.07) is 17.7. The van der Waals surface area contributed by atoms with Crippen molar-refractivity contribution >= 4 is 11.6 Å². The first-order valence-electron chi connectivity index (χ1n) is 7.30. The first-order valence-corrected chi connectivity index (χ1v) is 7.30. The monoisotopic (exact) mass is 297 g/mol. The van der Waals surface area contributed by atoms with Crippen molar-refractivity contribution in [1.29, 1.82) is 0 Å². The molecule has 0 heterocycles. The molecule has 0 aliphatic carbocycles. The summed E-state index contributed by atoms with van der Waals surface area (Å²) < 4.78 is 0. The second-order valence-electron chi connectivity index (χ2n) is 5.92. The summed E-state index contributed by atoms with van der Waals surface area (Å²) in [5.74, 6) is -0.479. The van der Waals surface area contributed by atoms with Gasteiger partial charge in [0.25, 0.3) is 0 Å². The maximum atomic E-state index is 11.9. The number of primary amides is 1. The lowest BCUT2D eigenvalue weighted by Crippen LogP contribution is -2.55. The van der Waals surface area contributed by atoms with E-state index in [-0.39, 0.29) is 0 Å². The number of nitrogens with zero attached hydrogens (tertiary/aromatic N) is 1. The molecule has 116 valence electrons. The summed E-state index contributed by atoms with van der Waals surface area (Å²) in [6.07, 6.45) is 0.851. The normalized spacial score (nSPS) is 13.4. The standard InChI is InChI=1S/C18H23N3O/c1-21(2)16-10-8-15(9-11-16)13-18(20,17(19)22)12-14-6-4-3-5-7-14/h3-11H,12-13,20H2,1-2H3,(H2,19,22). The Balaban J connectivity index is 2.19. The number of hydrogen-bond acceptors (Lipinski definition) is 3. The van der Waals surface area contributed by atoms with Crippen LogP contribution < -0.4 is 16.4 Å². The molecule has 4 N–H and O–H groups in total. The van der Waals surface area contributed by atoms with E-state index in [4.69, 9.17) is 11.5 Å². The highest BCUT2D eigenvalue weighted by atomic mass is 16.1. The molecular weight excluding hydrogens is 274 g/mol. The molecule has 0 spiro atoms. The SMILES string of the molecule is CN(C)c1ccc(CC(N)(Cc2ccccc2)C(N)=O)cc1. The molecule has 2 aromatic rings. The minimum Gasteiger partial charge on any atom is -0.378 e. The lowest BCUT2D eigenvalue weighted by molar-refractivity contribution is -0.123. The fourth-order valence-corrected chi connectivity index (χ4v) is 2.47. The average Bonchev–Trinajstić information content (AvgIpc) is 2.48. The molecule has 0 bridgehead atoms. The van der Waals surface area contributed by atoms with Gasteiger partial charge in [-0.15, -0.1) is 0 Å². The zero-order chi connectivity index (χ0) is 16.2. The Kier molecular flexibility index (Phi) is 4.83. The number of carbonyl (C=O) groups excluding carboxylic acids is 1. The van der Waals surface area contributed by atoms with Gasteiger partial charge in [-0.3, -0.25) is 4.79 Å². The van der Waals surface area contributed by atoms with E-state index in [9.17, 15) is 4.79 Å². The molecule has 0 saturated carbocycles. The molecule has 4 nitrogen and oxygen atoms in total. The topological polar surface area (TPSA) is 72.3 Å². The van der Waals surface area contributed by atoms with Gasteiger partial charge in [0.2, 0.25) is 5.91 Å². The third-order valence-corrected chi connectivity index (χ3v) is 3.83. The van der Waals surface area contributed by atoms with Gasteiger partial charge < -0.3 is 16.4 Å². The van der Waals surface area contributed by atoms with Gasteiger partial charge in [-0.25, -0.2) is 0 Å². The van der Waals surface area contributed by atoms with E-state index >= 15 is 0 Å². The quantitative estimate of drug-likeness (QED) is 0.852. The van der Waals surface area contributed by atoms with Crippen molar-refractivity contribution in [1.82, 2.24) is 0 Å². The molecule has 2 rings (SSSR count). The molecule has 22 heavy (non-hydrogen) atoms. The van der Waals surface area contributed by atoms with Crippen molar-refractivity contribution in [3.05, 3.63) is 65.7 Å². The van der Waals surface area contributed by atoms with Crippen LogP contribution in [0.1, 0.15) is 11.1 Å². The number of nitrogens with two attached hydrogens (primary N) is 2. The van der Waals surface area contributed by atoms with Crippen LogP contribution in [0.3, 0.4) is 0 Å². The number of benzene rings is 2. The van der Waals surface area contributed by atoms with Crippen molar-refractivity contribution in [3.63, 3.8) is 0 Å². The van der Waals surface area contributed by atoms with Gasteiger partial charge >= 0.3 is 0 Å². The molecule has 1 atom stereocenters. The van der Waals surface area contributed by atoms with Crippen LogP contribution in [0.5, 0.6) is 0 Å². The predicted molar refractivity (Wildman–Crippen MR) is 90.7 cm³/mol. The summed E-state index contributed by atoms with van der Waals surface area (Å²) in [4.78, 5) is 13.9. The first-order chi connectivity index (χ1) is 10.4. The Morgan fingerprint density at radius 2 is 1.45 bits per heavy atom. The first kappa shape index (κ1) is 16.0. The molecular formula is C18H23N3O. The molecule has 0 fully saturated rings. The van der Waals surface area contributed by atoms with E-state index in [0.29, 0.717) is 12.8 Å². The van der Waals surface area contributed by atoms with Crippen LogP contribution in [0.25, 0.3) is 0 Å². The number of anilines is 1. The minimum absolute atomic E-state index is 0.422. The second-order valence-corrected chi connectivity index (χ2v) is 5.92.